The second-order valence-corrected chi connectivity index (χ2v) is 6.22. The van der Waals surface area contributed by atoms with Gasteiger partial charge in [0.15, 0.2) is 11.4 Å². The van der Waals surface area contributed by atoms with Crippen LogP contribution in [0, 0.1) is 5.92 Å². The van der Waals surface area contributed by atoms with Crippen LogP contribution in [0.4, 0.5) is 0 Å². The van der Waals surface area contributed by atoms with Crippen molar-refractivity contribution in [1.29, 1.82) is 0 Å². The number of aryl methyl sites for hydroxylation is 1. The van der Waals surface area contributed by atoms with E-state index in [0.29, 0.717) is 23.8 Å². The predicted molar refractivity (Wildman–Crippen MR) is 92.8 cm³/mol. The highest BCUT2D eigenvalue weighted by Gasteiger charge is 2.25. The molecule has 2 N–H and O–H groups in total. The summed E-state index contributed by atoms with van der Waals surface area (Å²) in [4.78, 5) is 24.5. The number of carbonyl (C=O) groups is 1. The molecule has 1 aromatic heterocycles. The van der Waals surface area contributed by atoms with E-state index < -0.39 is 5.63 Å². The highest BCUT2D eigenvalue weighted by Crippen LogP contribution is 2.37. The summed E-state index contributed by atoms with van der Waals surface area (Å²) in [6.07, 6.45) is 4.10. The Morgan fingerprint density at radius 3 is 2.50 bits per heavy atom. The number of unbranched alkanes of at least 4 members (excludes halogenated alkanes) is 2. The van der Waals surface area contributed by atoms with Crippen molar-refractivity contribution in [2.45, 2.75) is 52.9 Å². The van der Waals surface area contributed by atoms with Crippen molar-refractivity contribution in [2.24, 2.45) is 5.92 Å². The van der Waals surface area contributed by atoms with Gasteiger partial charge in [-0.25, -0.2) is 4.79 Å². The molecule has 1 atom stereocenters. The Morgan fingerprint density at radius 2 is 1.88 bits per heavy atom. The summed E-state index contributed by atoms with van der Waals surface area (Å²) in [5.41, 5.74) is 0.0194. The molecule has 2 aromatic rings. The lowest BCUT2D eigenvalue weighted by molar-refractivity contribution is 0.0925. The predicted octanol–water partition coefficient (Wildman–Crippen LogP) is 4.17. The second kappa shape index (κ2) is 7.51. The SMILES string of the molecule is CCCCCc1cc(=O)oc2c(C(=O)[C@H](C)CC)c(O)cc(O)c12. The van der Waals surface area contributed by atoms with E-state index in [1.165, 1.54) is 6.07 Å². The maximum atomic E-state index is 12.6. The minimum atomic E-state index is -0.586. The molecule has 0 spiro atoms. The number of rotatable bonds is 7. The average Bonchev–Trinajstić information content (AvgIpc) is 2.53. The quantitative estimate of drug-likeness (QED) is 0.451. The first-order chi connectivity index (χ1) is 11.4. The fraction of sp³-hybridized carbons (Fsp3) is 0.474. The van der Waals surface area contributed by atoms with Crippen molar-refractivity contribution in [3.8, 4) is 11.5 Å². The summed E-state index contributed by atoms with van der Waals surface area (Å²) < 4.78 is 5.22. The third-order valence-electron chi connectivity index (χ3n) is 4.41. The minimum Gasteiger partial charge on any atom is -0.507 e. The highest BCUT2D eigenvalue weighted by atomic mass is 16.4. The zero-order valence-electron chi connectivity index (χ0n) is 14.4. The number of aromatic hydroxyl groups is 2. The van der Waals surface area contributed by atoms with Gasteiger partial charge in [-0.05, 0) is 24.8 Å². The van der Waals surface area contributed by atoms with E-state index in [1.54, 1.807) is 6.92 Å². The van der Waals surface area contributed by atoms with Crippen LogP contribution >= 0.6 is 0 Å². The normalized spacial score (nSPS) is 12.5. The number of fused-ring (bicyclic) bond motifs is 1. The van der Waals surface area contributed by atoms with E-state index in [1.807, 2.05) is 6.92 Å². The van der Waals surface area contributed by atoms with Crippen LogP contribution in [0.15, 0.2) is 21.3 Å². The van der Waals surface area contributed by atoms with Crippen LogP contribution in [0.1, 0.15) is 62.4 Å². The molecule has 0 amide bonds. The first-order valence-electron chi connectivity index (χ1n) is 8.46. The Balaban J connectivity index is 2.72. The molecule has 130 valence electrons. The van der Waals surface area contributed by atoms with Crippen molar-refractivity contribution >= 4 is 16.8 Å². The maximum absolute atomic E-state index is 12.6. The number of carbonyl (C=O) groups excluding carboxylic acids is 1. The van der Waals surface area contributed by atoms with Gasteiger partial charge in [-0.1, -0.05) is 33.6 Å². The third kappa shape index (κ3) is 3.45. The van der Waals surface area contributed by atoms with Crippen LogP contribution < -0.4 is 5.63 Å². The zero-order chi connectivity index (χ0) is 17.9. The smallest absolute Gasteiger partial charge is 0.336 e. The van der Waals surface area contributed by atoms with E-state index in [4.69, 9.17) is 4.42 Å². The Kier molecular flexibility index (Phi) is 5.65. The van der Waals surface area contributed by atoms with E-state index in [0.717, 1.165) is 25.3 Å². The Labute approximate surface area is 140 Å². The third-order valence-corrected chi connectivity index (χ3v) is 4.41. The fourth-order valence-electron chi connectivity index (χ4n) is 2.82. The second-order valence-electron chi connectivity index (χ2n) is 6.22. The summed E-state index contributed by atoms with van der Waals surface area (Å²) in [5.74, 6) is -1.16. The topological polar surface area (TPSA) is 87.7 Å². The highest BCUT2D eigenvalue weighted by molar-refractivity contribution is 6.11. The van der Waals surface area contributed by atoms with Gasteiger partial charge in [-0.3, -0.25) is 4.79 Å². The average molecular weight is 332 g/mol. The van der Waals surface area contributed by atoms with E-state index in [2.05, 4.69) is 6.92 Å². The van der Waals surface area contributed by atoms with Crippen molar-refractivity contribution in [3.63, 3.8) is 0 Å². The Morgan fingerprint density at radius 1 is 1.17 bits per heavy atom. The number of Topliss-reactive ketones (excluding diaryl/α,β-unsaturated/α-hetero) is 1. The van der Waals surface area contributed by atoms with Gasteiger partial charge >= 0.3 is 5.63 Å². The fourth-order valence-corrected chi connectivity index (χ4v) is 2.82. The number of hydrogen-bond acceptors (Lipinski definition) is 5. The van der Waals surface area contributed by atoms with Gasteiger partial charge < -0.3 is 14.6 Å². The summed E-state index contributed by atoms with van der Waals surface area (Å²) in [5, 5.41) is 20.7. The van der Waals surface area contributed by atoms with Crippen LogP contribution in [0.25, 0.3) is 11.0 Å². The molecule has 0 saturated carbocycles. The molecular weight excluding hydrogens is 308 g/mol. The van der Waals surface area contributed by atoms with Crippen LogP contribution in [0.5, 0.6) is 11.5 Å². The van der Waals surface area contributed by atoms with Gasteiger partial charge in [0.05, 0.1) is 5.39 Å². The van der Waals surface area contributed by atoms with Crippen LogP contribution in [0.3, 0.4) is 0 Å². The summed E-state index contributed by atoms with van der Waals surface area (Å²) >= 11 is 0. The first kappa shape index (κ1) is 18.0. The molecule has 0 aliphatic carbocycles. The molecule has 24 heavy (non-hydrogen) atoms. The molecule has 5 heteroatoms. The van der Waals surface area contributed by atoms with Gasteiger partial charge in [0.1, 0.15) is 17.1 Å². The molecule has 0 bridgehead atoms. The van der Waals surface area contributed by atoms with Crippen molar-refractivity contribution in [2.75, 3.05) is 0 Å². The van der Waals surface area contributed by atoms with Gasteiger partial charge in [-0.2, -0.15) is 0 Å². The number of phenolic OH excluding ortho intramolecular Hbond substituents is 2. The molecule has 0 aliphatic heterocycles. The largest absolute Gasteiger partial charge is 0.507 e. The maximum Gasteiger partial charge on any atom is 0.336 e. The van der Waals surface area contributed by atoms with Crippen LogP contribution in [-0.4, -0.2) is 16.0 Å². The monoisotopic (exact) mass is 332 g/mol. The number of phenols is 2. The lowest BCUT2D eigenvalue weighted by Gasteiger charge is -2.14. The standard InChI is InChI=1S/C19H24O5/c1-4-6-7-8-12-9-15(22)24-19-16(12)13(20)10-14(21)17(19)18(23)11(3)5-2/h9-11,20-21H,4-8H2,1-3H3/t11-/m1/s1. The molecule has 0 aliphatic rings. The molecule has 0 radical (unpaired) electrons. The number of hydrogen-bond donors (Lipinski definition) is 2. The lowest BCUT2D eigenvalue weighted by Crippen LogP contribution is -2.12. The zero-order valence-corrected chi connectivity index (χ0v) is 14.4. The molecule has 5 nitrogen and oxygen atoms in total. The van der Waals surface area contributed by atoms with Gasteiger partial charge in [-0.15, -0.1) is 0 Å². The van der Waals surface area contributed by atoms with Gasteiger partial charge in [0.2, 0.25) is 0 Å². The summed E-state index contributed by atoms with van der Waals surface area (Å²) in [6.45, 7) is 5.70. The van der Waals surface area contributed by atoms with Crippen LogP contribution in [-0.2, 0) is 6.42 Å². The summed E-state index contributed by atoms with van der Waals surface area (Å²) in [7, 11) is 0. The van der Waals surface area contributed by atoms with E-state index in [9.17, 15) is 19.8 Å². The summed E-state index contributed by atoms with van der Waals surface area (Å²) in [6, 6.07) is 2.51. The van der Waals surface area contributed by atoms with Gasteiger partial charge in [0, 0.05) is 18.1 Å². The van der Waals surface area contributed by atoms with Crippen molar-refractivity contribution in [1.82, 2.24) is 0 Å². The molecule has 0 unspecified atom stereocenters. The van der Waals surface area contributed by atoms with Crippen LogP contribution in [0.2, 0.25) is 0 Å². The first-order valence-corrected chi connectivity index (χ1v) is 8.46. The van der Waals surface area contributed by atoms with E-state index >= 15 is 0 Å². The molecule has 1 heterocycles. The lowest BCUT2D eigenvalue weighted by atomic mass is 9.93. The number of benzene rings is 1. The molecule has 0 fully saturated rings. The number of ketones is 1. The van der Waals surface area contributed by atoms with E-state index in [-0.39, 0.29) is 34.3 Å². The van der Waals surface area contributed by atoms with Gasteiger partial charge in [0.25, 0.3) is 0 Å². The van der Waals surface area contributed by atoms with Crippen molar-refractivity contribution < 1.29 is 19.4 Å². The Bertz CT molecular complexity index is 803. The molecule has 0 saturated heterocycles. The Hall–Kier alpha value is -2.30. The van der Waals surface area contributed by atoms with Crippen molar-refractivity contribution in [3.05, 3.63) is 33.7 Å². The minimum absolute atomic E-state index is 0.0169. The molecule has 1 aromatic carbocycles. The molecular formula is C19H24O5. The molecule has 2 rings (SSSR count).